The highest BCUT2D eigenvalue weighted by molar-refractivity contribution is 7.90. The molecule has 7 heteroatoms. The van der Waals surface area contributed by atoms with Gasteiger partial charge < -0.3 is 10.2 Å². The monoisotopic (exact) mass is 374 g/mol. The molecule has 0 unspecified atom stereocenters. The van der Waals surface area contributed by atoms with Crippen LogP contribution in [0, 0.1) is 13.8 Å². The second kappa shape index (κ2) is 7.70. The molecule has 2 aromatic rings. The number of anilines is 1. The molecule has 0 heterocycles. The van der Waals surface area contributed by atoms with Crippen LogP contribution in [0.25, 0.3) is 0 Å². The van der Waals surface area contributed by atoms with Crippen molar-refractivity contribution in [2.75, 3.05) is 25.2 Å². The van der Waals surface area contributed by atoms with E-state index in [0.29, 0.717) is 11.3 Å². The van der Waals surface area contributed by atoms with Gasteiger partial charge in [-0.05, 0) is 43.7 Å². The molecule has 0 saturated carbocycles. The number of carbonyl (C=O) groups excluding carboxylic acids is 2. The SMILES string of the molecule is Cc1ccc(NC(=O)CN(C)C(=O)c2cc(S(C)(=O)=O)ccc2C)cc1. The lowest BCUT2D eigenvalue weighted by Crippen LogP contribution is -2.35. The van der Waals surface area contributed by atoms with Gasteiger partial charge in [0.05, 0.1) is 11.4 Å². The number of nitrogens with one attached hydrogen (secondary N) is 1. The predicted molar refractivity (Wildman–Crippen MR) is 101 cm³/mol. The maximum Gasteiger partial charge on any atom is 0.254 e. The smallest absolute Gasteiger partial charge is 0.254 e. The number of hydrogen-bond donors (Lipinski definition) is 1. The molecule has 0 spiro atoms. The summed E-state index contributed by atoms with van der Waals surface area (Å²) in [5, 5.41) is 2.73. The van der Waals surface area contributed by atoms with Crippen LogP contribution in [0.5, 0.6) is 0 Å². The van der Waals surface area contributed by atoms with E-state index in [1.54, 1.807) is 25.1 Å². The minimum atomic E-state index is -3.42. The fourth-order valence-corrected chi connectivity index (χ4v) is 3.04. The zero-order valence-corrected chi connectivity index (χ0v) is 16.1. The van der Waals surface area contributed by atoms with Crippen LogP contribution < -0.4 is 5.32 Å². The highest BCUT2D eigenvalue weighted by Gasteiger charge is 2.19. The van der Waals surface area contributed by atoms with Crippen LogP contribution in [0.4, 0.5) is 5.69 Å². The number of likely N-dealkylation sites (N-methyl/N-ethyl adjacent to an activating group) is 1. The zero-order valence-electron chi connectivity index (χ0n) is 15.2. The lowest BCUT2D eigenvalue weighted by Gasteiger charge is -2.18. The summed E-state index contributed by atoms with van der Waals surface area (Å²) in [5.41, 5.74) is 2.64. The molecule has 2 rings (SSSR count). The van der Waals surface area contributed by atoms with E-state index in [1.807, 2.05) is 19.1 Å². The molecule has 0 saturated heterocycles. The van der Waals surface area contributed by atoms with Crippen LogP contribution in [0.15, 0.2) is 47.4 Å². The third kappa shape index (κ3) is 4.92. The number of carbonyl (C=O) groups is 2. The molecular formula is C19H22N2O4S. The van der Waals surface area contributed by atoms with Crippen LogP contribution >= 0.6 is 0 Å². The minimum Gasteiger partial charge on any atom is -0.332 e. The predicted octanol–water partition coefficient (Wildman–Crippen LogP) is 2.42. The maximum absolute atomic E-state index is 12.6. The topological polar surface area (TPSA) is 83.6 Å². The summed E-state index contributed by atoms with van der Waals surface area (Å²) >= 11 is 0. The lowest BCUT2D eigenvalue weighted by atomic mass is 10.1. The number of rotatable bonds is 5. The van der Waals surface area contributed by atoms with Gasteiger partial charge in [-0.1, -0.05) is 23.8 Å². The summed E-state index contributed by atoms with van der Waals surface area (Å²) in [5.74, 6) is -0.742. The van der Waals surface area contributed by atoms with Gasteiger partial charge in [0.15, 0.2) is 9.84 Å². The van der Waals surface area contributed by atoms with E-state index in [1.165, 1.54) is 24.1 Å². The van der Waals surface area contributed by atoms with Crippen molar-refractivity contribution >= 4 is 27.3 Å². The molecule has 0 bridgehead atoms. The van der Waals surface area contributed by atoms with Crippen LogP contribution in [0.2, 0.25) is 0 Å². The molecule has 0 atom stereocenters. The second-order valence-corrected chi connectivity index (χ2v) is 8.34. The van der Waals surface area contributed by atoms with Crippen molar-refractivity contribution in [3.8, 4) is 0 Å². The third-order valence-electron chi connectivity index (χ3n) is 3.93. The lowest BCUT2D eigenvalue weighted by molar-refractivity contribution is -0.116. The average Bonchev–Trinajstić information content (AvgIpc) is 2.55. The average molecular weight is 374 g/mol. The second-order valence-electron chi connectivity index (χ2n) is 6.32. The summed E-state index contributed by atoms with van der Waals surface area (Å²) < 4.78 is 23.4. The first-order valence-corrected chi connectivity index (χ1v) is 9.90. The van der Waals surface area contributed by atoms with Gasteiger partial charge in [0.1, 0.15) is 0 Å². The highest BCUT2D eigenvalue weighted by Crippen LogP contribution is 2.17. The Morgan fingerprint density at radius 3 is 2.23 bits per heavy atom. The van der Waals surface area contributed by atoms with Gasteiger partial charge in [0.25, 0.3) is 5.91 Å². The first-order chi connectivity index (χ1) is 12.1. The van der Waals surface area contributed by atoms with Crippen LogP contribution in [-0.2, 0) is 14.6 Å². The van der Waals surface area contributed by atoms with E-state index in [2.05, 4.69) is 5.32 Å². The van der Waals surface area contributed by atoms with E-state index >= 15 is 0 Å². The Hall–Kier alpha value is -2.67. The molecule has 0 aromatic heterocycles. The Morgan fingerprint density at radius 2 is 1.65 bits per heavy atom. The number of amides is 2. The molecular weight excluding hydrogens is 352 g/mol. The third-order valence-corrected chi connectivity index (χ3v) is 5.04. The van der Waals surface area contributed by atoms with Crippen molar-refractivity contribution < 1.29 is 18.0 Å². The Morgan fingerprint density at radius 1 is 1.04 bits per heavy atom. The van der Waals surface area contributed by atoms with E-state index < -0.39 is 15.7 Å². The van der Waals surface area contributed by atoms with Gasteiger partial charge in [0.2, 0.25) is 5.91 Å². The Bertz CT molecular complexity index is 935. The number of nitrogens with zero attached hydrogens (tertiary/aromatic N) is 1. The largest absolute Gasteiger partial charge is 0.332 e. The molecule has 0 aliphatic carbocycles. The molecule has 0 radical (unpaired) electrons. The van der Waals surface area contributed by atoms with Gasteiger partial charge >= 0.3 is 0 Å². The quantitative estimate of drug-likeness (QED) is 0.871. The molecule has 26 heavy (non-hydrogen) atoms. The van der Waals surface area contributed by atoms with Gasteiger partial charge in [-0.25, -0.2) is 8.42 Å². The van der Waals surface area contributed by atoms with Crippen molar-refractivity contribution in [2.45, 2.75) is 18.7 Å². The van der Waals surface area contributed by atoms with Crippen molar-refractivity contribution in [1.29, 1.82) is 0 Å². The van der Waals surface area contributed by atoms with Crippen LogP contribution in [-0.4, -0.2) is 45.0 Å². The van der Waals surface area contributed by atoms with Crippen molar-refractivity contribution in [1.82, 2.24) is 4.90 Å². The van der Waals surface area contributed by atoms with Gasteiger partial charge in [-0.3, -0.25) is 9.59 Å². The maximum atomic E-state index is 12.6. The van der Waals surface area contributed by atoms with Crippen molar-refractivity contribution in [3.05, 3.63) is 59.2 Å². The summed E-state index contributed by atoms with van der Waals surface area (Å²) in [6.45, 7) is 3.53. The van der Waals surface area contributed by atoms with Crippen molar-refractivity contribution in [3.63, 3.8) is 0 Å². The normalized spacial score (nSPS) is 11.1. The van der Waals surface area contributed by atoms with Gasteiger partial charge in [-0.15, -0.1) is 0 Å². The number of hydrogen-bond acceptors (Lipinski definition) is 4. The molecule has 0 aliphatic rings. The molecule has 1 N–H and O–H groups in total. The summed E-state index contributed by atoms with van der Waals surface area (Å²) in [4.78, 5) is 26.1. The summed E-state index contributed by atoms with van der Waals surface area (Å²) in [7, 11) is -1.92. The number of benzene rings is 2. The van der Waals surface area contributed by atoms with E-state index in [-0.39, 0.29) is 22.9 Å². The summed E-state index contributed by atoms with van der Waals surface area (Å²) in [6.07, 6.45) is 1.09. The fraction of sp³-hybridized carbons (Fsp3) is 0.263. The Kier molecular flexibility index (Phi) is 5.82. The fourth-order valence-electron chi connectivity index (χ4n) is 2.39. The Balaban J connectivity index is 2.12. The molecule has 138 valence electrons. The first-order valence-electron chi connectivity index (χ1n) is 8.00. The first kappa shape index (κ1) is 19.7. The van der Waals surface area contributed by atoms with E-state index in [4.69, 9.17) is 0 Å². The van der Waals surface area contributed by atoms with E-state index in [0.717, 1.165) is 11.8 Å². The van der Waals surface area contributed by atoms with Crippen LogP contribution in [0.3, 0.4) is 0 Å². The van der Waals surface area contributed by atoms with Gasteiger partial charge in [0, 0.05) is 24.6 Å². The minimum absolute atomic E-state index is 0.0731. The molecule has 0 fully saturated rings. The Labute approximate surface area is 153 Å². The number of sulfone groups is 1. The molecule has 0 aliphatic heterocycles. The number of aryl methyl sites for hydroxylation is 2. The van der Waals surface area contributed by atoms with Gasteiger partial charge in [-0.2, -0.15) is 0 Å². The molecule has 2 aromatic carbocycles. The van der Waals surface area contributed by atoms with Crippen LogP contribution in [0.1, 0.15) is 21.5 Å². The molecule has 6 nitrogen and oxygen atoms in total. The highest BCUT2D eigenvalue weighted by atomic mass is 32.2. The summed E-state index contributed by atoms with van der Waals surface area (Å²) in [6, 6.07) is 11.7. The zero-order chi connectivity index (χ0) is 19.5. The molecule has 2 amide bonds. The standard InChI is InChI=1S/C19H22N2O4S/c1-13-5-8-15(9-6-13)20-18(22)12-21(3)19(23)17-11-16(26(4,24)25)10-7-14(17)2/h5-11H,12H2,1-4H3,(H,20,22). The van der Waals surface area contributed by atoms with Crippen molar-refractivity contribution in [2.24, 2.45) is 0 Å². The van der Waals surface area contributed by atoms with E-state index in [9.17, 15) is 18.0 Å².